The first-order valence-corrected chi connectivity index (χ1v) is 7.17. The summed E-state index contributed by atoms with van der Waals surface area (Å²) in [5.41, 5.74) is 2.03. The minimum absolute atomic E-state index is 0.729. The fourth-order valence-corrected chi connectivity index (χ4v) is 2.97. The number of halogens is 2. The molecule has 0 amide bonds. The molecule has 0 bridgehead atoms. The van der Waals surface area contributed by atoms with Gasteiger partial charge in [-0.1, -0.05) is 27.5 Å². The molecule has 0 saturated heterocycles. The van der Waals surface area contributed by atoms with Crippen LogP contribution in [0.15, 0.2) is 22.7 Å². The average molecular weight is 332 g/mol. The molecule has 0 unspecified atom stereocenters. The van der Waals surface area contributed by atoms with Gasteiger partial charge in [-0.3, -0.25) is 0 Å². The van der Waals surface area contributed by atoms with Gasteiger partial charge in [-0.15, -0.1) is 11.3 Å². The van der Waals surface area contributed by atoms with Gasteiger partial charge in [-0.2, -0.15) is 0 Å². The summed E-state index contributed by atoms with van der Waals surface area (Å²) in [5.74, 6) is 0. The van der Waals surface area contributed by atoms with Crippen molar-refractivity contribution in [2.24, 2.45) is 0 Å². The number of hydrogen-bond donors (Lipinski definition) is 1. The molecule has 0 spiro atoms. The Morgan fingerprint density at radius 3 is 2.82 bits per heavy atom. The van der Waals surface area contributed by atoms with Crippen molar-refractivity contribution in [3.05, 3.63) is 43.3 Å². The van der Waals surface area contributed by atoms with Gasteiger partial charge >= 0.3 is 0 Å². The smallest absolute Gasteiger partial charge is 0.0900 e. The quantitative estimate of drug-likeness (QED) is 0.875. The molecule has 17 heavy (non-hydrogen) atoms. The molecule has 1 N–H and O–H groups in total. The number of rotatable bonds is 3. The van der Waals surface area contributed by atoms with E-state index in [0.29, 0.717) is 0 Å². The highest BCUT2D eigenvalue weighted by molar-refractivity contribution is 9.10. The Labute approximate surface area is 118 Å². The SMILES string of the molecule is Cc1nc(C)c(CNc2cc(Br)ccc2Cl)s1. The van der Waals surface area contributed by atoms with Crippen molar-refractivity contribution in [1.82, 2.24) is 4.98 Å². The Bertz CT molecular complexity index is 539. The summed E-state index contributed by atoms with van der Waals surface area (Å²) in [6, 6.07) is 5.78. The van der Waals surface area contributed by atoms with Crippen molar-refractivity contribution < 1.29 is 0 Å². The van der Waals surface area contributed by atoms with E-state index in [1.165, 1.54) is 4.88 Å². The fraction of sp³-hybridized carbons (Fsp3) is 0.250. The van der Waals surface area contributed by atoms with Gasteiger partial charge in [0.1, 0.15) is 0 Å². The lowest BCUT2D eigenvalue weighted by atomic mass is 10.3. The fourth-order valence-electron chi connectivity index (χ4n) is 1.55. The Hall–Kier alpha value is -0.580. The first-order valence-electron chi connectivity index (χ1n) is 5.18. The number of thiazole rings is 1. The van der Waals surface area contributed by atoms with Gasteiger partial charge in [0, 0.05) is 9.35 Å². The van der Waals surface area contributed by atoms with Crippen molar-refractivity contribution in [3.8, 4) is 0 Å². The normalized spacial score (nSPS) is 10.6. The van der Waals surface area contributed by atoms with E-state index >= 15 is 0 Å². The minimum atomic E-state index is 0.729. The standard InChI is InChI=1S/C12H12BrClN2S/c1-7-12(17-8(2)16-7)6-15-11-5-9(13)3-4-10(11)14/h3-5,15H,6H2,1-2H3. The molecule has 1 aromatic carbocycles. The van der Waals surface area contributed by atoms with E-state index in [1.807, 2.05) is 32.0 Å². The zero-order chi connectivity index (χ0) is 12.4. The lowest BCUT2D eigenvalue weighted by Crippen LogP contribution is -1.99. The summed E-state index contributed by atoms with van der Waals surface area (Å²) < 4.78 is 1.02. The van der Waals surface area contributed by atoms with E-state index in [2.05, 4.69) is 26.2 Å². The van der Waals surface area contributed by atoms with Gasteiger partial charge in [-0.05, 0) is 32.0 Å². The van der Waals surface area contributed by atoms with E-state index < -0.39 is 0 Å². The predicted molar refractivity (Wildman–Crippen MR) is 78.1 cm³/mol. The summed E-state index contributed by atoms with van der Waals surface area (Å²) in [4.78, 5) is 5.65. The zero-order valence-electron chi connectivity index (χ0n) is 9.55. The van der Waals surface area contributed by atoms with Gasteiger partial charge in [0.2, 0.25) is 0 Å². The van der Waals surface area contributed by atoms with Crippen LogP contribution < -0.4 is 5.32 Å². The van der Waals surface area contributed by atoms with Crippen molar-refractivity contribution in [2.45, 2.75) is 20.4 Å². The minimum Gasteiger partial charge on any atom is -0.379 e. The molecule has 1 aromatic heterocycles. The average Bonchev–Trinajstić information content (AvgIpc) is 2.59. The molecule has 0 aliphatic carbocycles. The Morgan fingerprint density at radius 2 is 2.18 bits per heavy atom. The van der Waals surface area contributed by atoms with Crippen LogP contribution in [0.2, 0.25) is 5.02 Å². The third-order valence-electron chi connectivity index (χ3n) is 2.37. The largest absolute Gasteiger partial charge is 0.379 e. The molecule has 0 aliphatic heterocycles. The number of aromatic nitrogens is 1. The van der Waals surface area contributed by atoms with E-state index in [4.69, 9.17) is 11.6 Å². The summed E-state index contributed by atoms with van der Waals surface area (Å²) in [7, 11) is 0. The monoisotopic (exact) mass is 330 g/mol. The topological polar surface area (TPSA) is 24.9 Å². The van der Waals surface area contributed by atoms with Crippen LogP contribution in [0.5, 0.6) is 0 Å². The predicted octanol–water partition coefficient (Wildman–Crippen LogP) is 4.79. The molecule has 0 atom stereocenters. The summed E-state index contributed by atoms with van der Waals surface area (Å²) in [6.45, 7) is 4.81. The second-order valence-electron chi connectivity index (χ2n) is 3.72. The van der Waals surface area contributed by atoms with Crippen LogP contribution in [0.25, 0.3) is 0 Å². The van der Waals surface area contributed by atoms with Gasteiger partial charge in [0.15, 0.2) is 0 Å². The molecule has 2 rings (SSSR count). The Kier molecular flexibility index (Phi) is 4.07. The summed E-state index contributed by atoms with van der Waals surface area (Å²) in [6.07, 6.45) is 0. The number of nitrogens with one attached hydrogen (secondary N) is 1. The molecule has 0 saturated carbocycles. The molecule has 0 radical (unpaired) electrons. The maximum Gasteiger partial charge on any atom is 0.0900 e. The van der Waals surface area contributed by atoms with E-state index in [-0.39, 0.29) is 0 Å². The Balaban J connectivity index is 2.12. The first-order chi connectivity index (χ1) is 8.06. The van der Waals surface area contributed by atoms with Gasteiger partial charge in [0.25, 0.3) is 0 Å². The van der Waals surface area contributed by atoms with Crippen LogP contribution in [0.3, 0.4) is 0 Å². The van der Waals surface area contributed by atoms with E-state index in [0.717, 1.165) is 32.4 Å². The molecule has 0 fully saturated rings. The van der Waals surface area contributed by atoms with Crippen LogP contribution in [0, 0.1) is 13.8 Å². The molecule has 2 nitrogen and oxygen atoms in total. The molecular weight excluding hydrogens is 320 g/mol. The number of nitrogens with zero attached hydrogens (tertiary/aromatic N) is 1. The van der Waals surface area contributed by atoms with Gasteiger partial charge < -0.3 is 5.32 Å². The highest BCUT2D eigenvalue weighted by Crippen LogP contribution is 2.27. The van der Waals surface area contributed by atoms with Crippen molar-refractivity contribution in [3.63, 3.8) is 0 Å². The number of anilines is 1. The molecule has 1 heterocycles. The van der Waals surface area contributed by atoms with E-state index in [9.17, 15) is 0 Å². The lowest BCUT2D eigenvalue weighted by Gasteiger charge is -2.07. The molecule has 5 heteroatoms. The second-order valence-corrected chi connectivity index (χ2v) is 6.33. The third-order valence-corrected chi connectivity index (χ3v) is 4.26. The molecule has 2 aromatic rings. The van der Waals surface area contributed by atoms with Gasteiger partial charge in [0.05, 0.1) is 28.0 Å². The maximum absolute atomic E-state index is 6.11. The van der Waals surface area contributed by atoms with Crippen molar-refractivity contribution in [2.75, 3.05) is 5.32 Å². The van der Waals surface area contributed by atoms with Crippen LogP contribution in [0.1, 0.15) is 15.6 Å². The van der Waals surface area contributed by atoms with Crippen molar-refractivity contribution >= 4 is 44.6 Å². The summed E-state index contributed by atoms with van der Waals surface area (Å²) >= 11 is 11.3. The maximum atomic E-state index is 6.11. The number of hydrogen-bond acceptors (Lipinski definition) is 3. The first kappa shape index (κ1) is 12.9. The summed E-state index contributed by atoms with van der Waals surface area (Å²) in [5, 5.41) is 5.16. The lowest BCUT2D eigenvalue weighted by molar-refractivity contribution is 1.11. The van der Waals surface area contributed by atoms with Crippen LogP contribution in [-0.4, -0.2) is 4.98 Å². The van der Waals surface area contributed by atoms with Crippen LogP contribution in [-0.2, 0) is 6.54 Å². The van der Waals surface area contributed by atoms with Crippen LogP contribution in [0.4, 0.5) is 5.69 Å². The highest BCUT2D eigenvalue weighted by atomic mass is 79.9. The number of benzene rings is 1. The van der Waals surface area contributed by atoms with Crippen LogP contribution >= 0.6 is 38.9 Å². The highest BCUT2D eigenvalue weighted by Gasteiger charge is 2.06. The molecular formula is C12H12BrClN2S. The van der Waals surface area contributed by atoms with Gasteiger partial charge in [-0.25, -0.2) is 4.98 Å². The third kappa shape index (κ3) is 3.21. The molecule has 90 valence electrons. The van der Waals surface area contributed by atoms with E-state index in [1.54, 1.807) is 11.3 Å². The molecule has 0 aliphatic rings. The number of aryl methyl sites for hydroxylation is 2. The zero-order valence-corrected chi connectivity index (χ0v) is 12.7. The second kappa shape index (κ2) is 5.38. The Morgan fingerprint density at radius 1 is 1.41 bits per heavy atom. The van der Waals surface area contributed by atoms with Crippen molar-refractivity contribution in [1.29, 1.82) is 0 Å².